The summed E-state index contributed by atoms with van der Waals surface area (Å²) in [4.78, 5) is 14.6. The van der Waals surface area contributed by atoms with Gasteiger partial charge in [-0.3, -0.25) is 9.80 Å². The lowest BCUT2D eigenvalue weighted by molar-refractivity contribution is -0.130. The number of rotatable bonds is 13. The first kappa shape index (κ1) is 25.8. The minimum absolute atomic E-state index is 0.0732. The van der Waals surface area contributed by atoms with Gasteiger partial charge in [0.2, 0.25) is 5.91 Å². The lowest BCUT2D eigenvalue weighted by Crippen LogP contribution is -2.39. The Balaban J connectivity index is 1.83. The topological polar surface area (TPSA) is 95.8 Å². The molecule has 0 saturated heterocycles. The molecular formula is C25H35N7O. The number of hydrazine groups is 2. The molecule has 33 heavy (non-hydrogen) atoms. The maximum absolute atomic E-state index is 12.8. The van der Waals surface area contributed by atoms with Crippen molar-refractivity contribution in [2.75, 3.05) is 19.6 Å². The van der Waals surface area contributed by atoms with Gasteiger partial charge in [-0.25, -0.2) is 5.53 Å². The van der Waals surface area contributed by atoms with Gasteiger partial charge < -0.3 is 10.2 Å². The highest BCUT2D eigenvalue weighted by Gasteiger charge is 2.13. The first-order valence-electron chi connectivity index (χ1n) is 11.4. The smallest absolute Gasteiger partial charge is 0.227 e. The number of likely N-dealkylation sites (N-methyl/N-ethyl adjacent to an activating group) is 1. The van der Waals surface area contributed by atoms with Crippen molar-refractivity contribution in [1.82, 2.24) is 26.3 Å². The normalized spacial score (nSPS) is 14.2. The minimum Gasteiger partial charge on any atom is -0.341 e. The molecule has 0 spiro atoms. The van der Waals surface area contributed by atoms with Crippen LogP contribution >= 0.6 is 0 Å². The quantitative estimate of drug-likeness (QED) is 0.401. The molecule has 1 heterocycles. The third-order valence-electron chi connectivity index (χ3n) is 5.45. The van der Waals surface area contributed by atoms with Crippen molar-refractivity contribution >= 4 is 12.2 Å². The Morgan fingerprint density at radius 3 is 2.85 bits per heavy atom. The second kappa shape index (κ2) is 13.9. The molecule has 0 aliphatic carbocycles. The van der Waals surface area contributed by atoms with E-state index in [9.17, 15) is 10.1 Å². The third-order valence-corrected chi connectivity index (χ3v) is 5.45. The van der Waals surface area contributed by atoms with Gasteiger partial charge in [-0.15, -0.1) is 5.53 Å². The second-order valence-electron chi connectivity index (χ2n) is 7.82. The predicted octanol–water partition coefficient (Wildman–Crippen LogP) is 2.77. The molecule has 3 N–H and O–H groups in total. The van der Waals surface area contributed by atoms with E-state index < -0.39 is 0 Å². The lowest BCUT2D eigenvalue weighted by Gasteiger charge is -2.23. The van der Waals surface area contributed by atoms with Crippen molar-refractivity contribution in [3.05, 3.63) is 71.5 Å². The molecule has 1 aromatic rings. The van der Waals surface area contributed by atoms with Gasteiger partial charge in [-0.2, -0.15) is 10.4 Å². The van der Waals surface area contributed by atoms with E-state index in [2.05, 4.69) is 48.0 Å². The number of hydrazone groups is 1. The highest BCUT2D eigenvalue weighted by atomic mass is 16.2. The molecule has 1 aliphatic rings. The monoisotopic (exact) mass is 449 g/mol. The van der Waals surface area contributed by atoms with E-state index in [0.29, 0.717) is 31.6 Å². The SMILES string of the molecule is C=C/C(=C\C=C\N1C=NNN1)CC(=O)N(CC)CCNC(C)Cc1cc(C#N)ccc1CC. The number of nitrogens with one attached hydrogen (secondary N) is 3. The number of hydrogen-bond donors (Lipinski definition) is 3. The van der Waals surface area contributed by atoms with Crippen LogP contribution in [0.15, 0.2) is 59.9 Å². The zero-order chi connectivity index (χ0) is 24.1. The maximum Gasteiger partial charge on any atom is 0.227 e. The van der Waals surface area contributed by atoms with Gasteiger partial charge in [0.25, 0.3) is 0 Å². The van der Waals surface area contributed by atoms with E-state index >= 15 is 0 Å². The summed E-state index contributed by atoms with van der Waals surface area (Å²) in [6.45, 7) is 12.1. The molecule has 0 radical (unpaired) electrons. The van der Waals surface area contributed by atoms with Gasteiger partial charge >= 0.3 is 0 Å². The molecular weight excluding hydrogens is 414 g/mol. The fraction of sp³-hybridized carbons (Fsp3) is 0.400. The Morgan fingerprint density at radius 2 is 2.21 bits per heavy atom. The number of hydrogen-bond acceptors (Lipinski definition) is 7. The summed E-state index contributed by atoms with van der Waals surface area (Å²) in [5.41, 5.74) is 9.43. The number of aryl methyl sites for hydroxylation is 1. The van der Waals surface area contributed by atoms with Gasteiger partial charge in [-0.1, -0.05) is 31.7 Å². The van der Waals surface area contributed by atoms with Crippen LogP contribution in [-0.4, -0.2) is 47.8 Å². The van der Waals surface area contributed by atoms with E-state index in [-0.39, 0.29) is 11.9 Å². The van der Waals surface area contributed by atoms with Crippen molar-refractivity contribution < 1.29 is 4.79 Å². The number of allylic oxidation sites excluding steroid dienone is 3. The van der Waals surface area contributed by atoms with Gasteiger partial charge in [-0.05, 0) is 61.6 Å². The van der Waals surface area contributed by atoms with Gasteiger partial charge in [0.1, 0.15) is 6.34 Å². The standard InChI is InChI=1S/C25H35N7O/c1-5-21(9-8-13-32-19-28-29-30-32)17-25(33)31(7-3)14-12-27-20(4)15-24-16-22(18-26)10-11-23(24)6-2/h5,8-11,13,16,19-20,27,29-30H,1,6-7,12,14-15,17H2,2-4H3/b13-8+,21-9+. The molecule has 8 heteroatoms. The van der Waals surface area contributed by atoms with E-state index in [1.165, 1.54) is 11.1 Å². The number of nitrogens with zero attached hydrogens (tertiary/aromatic N) is 4. The number of carbonyl (C=O) groups is 1. The zero-order valence-electron chi connectivity index (χ0n) is 19.8. The Kier molecular flexibility index (Phi) is 10.9. The summed E-state index contributed by atoms with van der Waals surface area (Å²) in [6, 6.07) is 8.37. The van der Waals surface area contributed by atoms with Crippen LogP contribution in [0.3, 0.4) is 0 Å². The number of nitriles is 1. The first-order valence-corrected chi connectivity index (χ1v) is 11.4. The largest absolute Gasteiger partial charge is 0.341 e. The molecule has 0 aromatic heterocycles. The Morgan fingerprint density at radius 1 is 1.39 bits per heavy atom. The van der Waals surface area contributed by atoms with Crippen molar-refractivity contribution in [1.29, 1.82) is 5.26 Å². The van der Waals surface area contributed by atoms with Gasteiger partial charge in [0.15, 0.2) is 0 Å². The molecule has 0 bridgehead atoms. The minimum atomic E-state index is 0.0732. The molecule has 8 nitrogen and oxygen atoms in total. The molecule has 176 valence electrons. The van der Waals surface area contributed by atoms with Crippen LogP contribution in [0, 0.1) is 11.3 Å². The highest BCUT2D eigenvalue weighted by molar-refractivity contribution is 5.79. The molecule has 1 aliphatic heterocycles. The van der Waals surface area contributed by atoms with Crippen LogP contribution < -0.4 is 16.4 Å². The van der Waals surface area contributed by atoms with Crippen molar-refractivity contribution in [3.8, 4) is 6.07 Å². The third kappa shape index (κ3) is 8.56. The predicted molar refractivity (Wildman–Crippen MR) is 133 cm³/mol. The second-order valence-corrected chi connectivity index (χ2v) is 7.82. The van der Waals surface area contributed by atoms with Crippen LogP contribution in [0.4, 0.5) is 0 Å². The lowest BCUT2D eigenvalue weighted by atomic mass is 9.97. The summed E-state index contributed by atoms with van der Waals surface area (Å²) in [6.07, 6.45) is 10.9. The summed E-state index contributed by atoms with van der Waals surface area (Å²) < 4.78 is 0. The molecule has 2 rings (SSSR count). The summed E-state index contributed by atoms with van der Waals surface area (Å²) in [5.74, 6) is 0.0732. The van der Waals surface area contributed by atoms with Crippen LogP contribution in [-0.2, 0) is 17.6 Å². The number of carbonyl (C=O) groups excluding carboxylic acids is 1. The van der Waals surface area contributed by atoms with Crippen molar-refractivity contribution in [2.24, 2.45) is 5.10 Å². The van der Waals surface area contributed by atoms with Crippen molar-refractivity contribution in [2.45, 2.75) is 46.1 Å². The zero-order valence-corrected chi connectivity index (χ0v) is 19.8. The van der Waals surface area contributed by atoms with Gasteiger partial charge in [0.05, 0.1) is 18.1 Å². The Bertz CT molecular complexity index is 929. The van der Waals surface area contributed by atoms with Crippen LogP contribution in [0.2, 0.25) is 0 Å². The summed E-state index contributed by atoms with van der Waals surface area (Å²) >= 11 is 0. The summed E-state index contributed by atoms with van der Waals surface area (Å²) in [7, 11) is 0. The maximum atomic E-state index is 12.8. The Labute approximate surface area is 197 Å². The molecule has 0 fully saturated rings. The fourth-order valence-corrected chi connectivity index (χ4v) is 3.56. The van der Waals surface area contributed by atoms with E-state index in [1.54, 1.807) is 23.6 Å². The molecule has 0 saturated carbocycles. The molecule has 1 amide bonds. The first-order chi connectivity index (χ1) is 16.0. The fourth-order valence-electron chi connectivity index (χ4n) is 3.56. The van der Waals surface area contributed by atoms with E-state index in [0.717, 1.165) is 18.4 Å². The van der Waals surface area contributed by atoms with Crippen LogP contribution in [0.1, 0.15) is 43.9 Å². The van der Waals surface area contributed by atoms with E-state index in [4.69, 9.17) is 0 Å². The number of benzene rings is 1. The Hall–Kier alpha value is -3.41. The van der Waals surface area contributed by atoms with Crippen LogP contribution in [0.5, 0.6) is 0 Å². The van der Waals surface area contributed by atoms with E-state index in [1.807, 2.05) is 42.2 Å². The van der Waals surface area contributed by atoms with Crippen LogP contribution in [0.25, 0.3) is 0 Å². The highest BCUT2D eigenvalue weighted by Crippen LogP contribution is 2.15. The average molecular weight is 450 g/mol. The molecule has 1 aromatic carbocycles. The van der Waals surface area contributed by atoms with Gasteiger partial charge in [0, 0.05) is 31.9 Å². The number of amides is 1. The van der Waals surface area contributed by atoms with Crippen molar-refractivity contribution in [3.63, 3.8) is 0 Å². The average Bonchev–Trinajstić information content (AvgIpc) is 3.34. The summed E-state index contributed by atoms with van der Waals surface area (Å²) in [5, 5.41) is 18.2. The molecule has 1 atom stereocenters. The molecule has 1 unspecified atom stereocenters.